The van der Waals surface area contributed by atoms with Gasteiger partial charge in [-0.25, -0.2) is 4.79 Å². The molecule has 1 unspecified atom stereocenters. The minimum absolute atomic E-state index is 0.172. The van der Waals surface area contributed by atoms with Gasteiger partial charge >= 0.3 is 5.97 Å². The predicted molar refractivity (Wildman–Crippen MR) is 71.5 cm³/mol. The number of carbonyl (C=O) groups is 1. The van der Waals surface area contributed by atoms with E-state index in [0.717, 1.165) is 5.52 Å². The highest BCUT2D eigenvalue weighted by atomic mass is 16.5. The lowest BCUT2D eigenvalue weighted by molar-refractivity contribution is -0.146. The van der Waals surface area contributed by atoms with Crippen molar-refractivity contribution in [2.75, 3.05) is 7.11 Å². The van der Waals surface area contributed by atoms with Gasteiger partial charge in [-0.2, -0.15) is 0 Å². The molecule has 1 heterocycles. The van der Waals surface area contributed by atoms with Crippen molar-refractivity contribution >= 4 is 16.9 Å². The van der Waals surface area contributed by atoms with Crippen LogP contribution in [0, 0.1) is 0 Å². The largest absolute Gasteiger partial charge is 0.497 e. The van der Waals surface area contributed by atoms with E-state index >= 15 is 0 Å². The first-order chi connectivity index (χ1) is 8.95. The minimum Gasteiger partial charge on any atom is -0.497 e. The van der Waals surface area contributed by atoms with Crippen molar-refractivity contribution in [1.82, 2.24) is 4.57 Å². The molecule has 19 heavy (non-hydrogen) atoms. The van der Waals surface area contributed by atoms with Crippen LogP contribution in [0.2, 0.25) is 0 Å². The molecule has 1 aromatic carbocycles. The van der Waals surface area contributed by atoms with Gasteiger partial charge in [-0.15, -0.1) is 0 Å². The lowest BCUT2D eigenvalue weighted by Gasteiger charge is -2.09. The van der Waals surface area contributed by atoms with Crippen LogP contribution < -0.4 is 4.74 Å². The van der Waals surface area contributed by atoms with E-state index in [4.69, 9.17) is 9.84 Å². The third-order valence-electron chi connectivity index (χ3n) is 3.16. The molecule has 0 bridgehead atoms. The van der Waals surface area contributed by atoms with Crippen LogP contribution >= 0.6 is 0 Å². The Morgan fingerprint density at radius 2 is 2.05 bits per heavy atom. The summed E-state index contributed by atoms with van der Waals surface area (Å²) in [5.41, 5.74) is 1.27. The average Bonchev–Trinajstić information content (AvgIpc) is 2.76. The number of ether oxygens (including phenoxy) is 1. The molecule has 1 aromatic heterocycles. The second-order valence-electron chi connectivity index (χ2n) is 4.71. The molecule has 2 aromatic rings. The summed E-state index contributed by atoms with van der Waals surface area (Å²) in [4.78, 5) is 11.0. The summed E-state index contributed by atoms with van der Waals surface area (Å²) >= 11 is 0. The molecule has 2 N–H and O–H groups in total. The topological polar surface area (TPSA) is 71.7 Å². The zero-order valence-electron chi connectivity index (χ0n) is 11.1. The summed E-state index contributed by atoms with van der Waals surface area (Å²) in [7, 11) is 1.55. The predicted octanol–water partition coefficient (Wildman–Crippen LogP) is 2.35. The number of carboxylic acids is 1. The number of hydrogen-bond donors (Lipinski definition) is 2. The molecular formula is C14H17NO4. The Hall–Kier alpha value is -2.01. The molecule has 0 fully saturated rings. The molecule has 1 atom stereocenters. The van der Waals surface area contributed by atoms with Gasteiger partial charge in [-0.3, -0.25) is 0 Å². The number of benzene rings is 1. The molecule has 102 valence electrons. The van der Waals surface area contributed by atoms with E-state index in [9.17, 15) is 9.90 Å². The number of aliphatic carboxylic acids is 1. The summed E-state index contributed by atoms with van der Waals surface area (Å²) in [5, 5.41) is 19.5. The smallest absolute Gasteiger partial charge is 0.337 e. The number of nitrogens with zero attached hydrogens (tertiary/aromatic N) is 1. The van der Waals surface area contributed by atoms with E-state index in [0.29, 0.717) is 16.7 Å². The van der Waals surface area contributed by atoms with E-state index in [-0.39, 0.29) is 6.04 Å². The zero-order chi connectivity index (χ0) is 14.2. The first-order valence-electron chi connectivity index (χ1n) is 6.05. The standard InChI is InChI=1S/C14H17NO4/c1-8(2)15-7-11(13(16)14(17)18)10-6-9(19-3)4-5-12(10)15/h4-8,13,16H,1-3H3,(H,17,18). The summed E-state index contributed by atoms with van der Waals surface area (Å²) < 4.78 is 7.09. The highest BCUT2D eigenvalue weighted by molar-refractivity contribution is 5.90. The first-order valence-corrected chi connectivity index (χ1v) is 6.05. The van der Waals surface area contributed by atoms with Crippen LogP contribution in [0.1, 0.15) is 31.6 Å². The maximum Gasteiger partial charge on any atom is 0.337 e. The Labute approximate surface area is 111 Å². The van der Waals surface area contributed by atoms with Crippen molar-refractivity contribution in [1.29, 1.82) is 0 Å². The van der Waals surface area contributed by atoms with Gasteiger partial charge in [0.25, 0.3) is 0 Å². The fourth-order valence-electron chi connectivity index (χ4n) is 2.17. The van der Waals surface area contributed by atoms with Gasteiger partial charge in [-0.05, 0) is 32.0 Å². The van der Waals surface area contributed by atoms with Gasteiger partial charge < -0.3 is 19.5 Å². The summed E-state index contributed by atoms with van der Waals surface area (Å²) in [5.74, 6) is -0.626. The van der Waals surface area contributed by atoms with Gasteiger partial charge in [-0.1, -0.05) is 0 Å². The molecule has 0 aliphatic rings. The Bertz CT molecular complexity index is 615. The number of aliphatic hydroxyl groups excluding tert-OH is 1. The molecule has 0 saturated carbocycles. The molecular weight excluding hydrogens is 246 g/mol. The van der Waals surface area contributed by atoms with Gasteiger partial charge in [0.2, 0.25) is 0 Å². The van der Waals surface area contributed by atoms with Gasteiger partial charge in [0, 0.05) is 28.7 Å². The number of aliphatic hydroxyl groups is 1. The van der Waals surface area contributed by atoms with Crippen molar-refractivity contribution < 1.29 is 19.7 Å². The lowest BCUT2D eigenvalue weighted by atomic mass is 10.1. The number of carboxylic acid groups (broad SMARTS) is 1. The molecule has 0 radical (unpaired) electrons. The highest BCUT2D eigenvalue weighted by Gasteiger charge is 2.22. The van der Waals surface area contributed by atoms with Crippen molar-refractivity contribution in [2.24, 2.45) is 0 Å². The second-order valence-corrected chi connectivity index (χ2v) is 4.71. The molecule has 5 nitrogen and oxygen atoms in total. The van der Waals surface area contributed by atoms with Crippen molar-refractivity contribution in [2.45, 2.75) is 26.0 Å². The maximum atomic E-state index is 11.0. The van der Waals surface area contributed by atoms with Crippen LogP contribution in [-0.4, -0.2) is 27.9 Å². The quantitative estimate of drug-likeness (QED) is 0.888. The Morgan fingerprint density at radius 1 is 1.37 bits per heavy atom. The van der Waals surface area contributed by atoms with Crippen LogP contribution in [0.25, 0.3) is 10.9 Å². The van der Waals surface area contributed by atoms with Crippen LogP contribution in [-0.2, 0) is 4.79 Å². The van der Waals surface area contributed by atoms with E-state index in [2.05, 4.69) is 0 Å². The number of methoxy groups -OCH3 is 1. The number of aromatic nitrogens is 1. The van der Waals surface area contributed by atoms with Crippen LogP contribution in [0.15, 0.2) is 24.4 Å². The Kier molecular flexibility index (Phi) is 3.48. The van der Waals surface area contributed by atoms with Gasteiger partial charge in [0.1, 0.15) is 5.75 Å². The number of fused-ring (bicyclic) bond motifs is 1. The second kappa shape index (κ2) is 4.93. The minimum atomic E-state index is -1.53. The lowest BCUT2D eigenvalue weighted by Crippen LogP contribution is -2.10. The normalized spacial score (nSPS) is 12.9. The molecule has 0 amide bonds. The van der Waals surface area contributed by atoms with E-state index in [1.165, 1.54) is 0 Å². The van der Waals surface area contributed by atoms with Crippen LogP contribution in [0.3, 0.4) is 0 Å². The summed E-state index contributed by atoms with van der Waals surface area (Å²) in [6, 6.07) is 5.60. The monoisotopic (exact) mass is 263 g/mol. The van der Waals surface area contributed by atoms with Crippen LogP contribution in [0.5, 0.6) is 5.75 Å². The van der Waals surface area contributed by atoms with Gasteiger partial charge in [0.15, 0.2) is 6.10 Å². The first kappa shape index (κ1) is 13.4. The summed E-state index contributed by atoms with van der Waals surface area (Å²) in [6.45, 7) is 4.00. The molecule has 0 spiro atoms. The third-order valence-corrected chi connectivity index (χ3v) is 3.16. The average molecular weight is 263 g/mol. The fourth-order valence-corrected chi connectivity index (χ4v) is 2.17. The van der Waals surface area contributed by atoms with Crippen molar-refractivity contribution in [3.63, 3.8) is 0 Å². The molecule has 0 saturated heterocycles. The highest BCUT2D eigenvalue weighted by Crippen LogP contribution is 2.31. The summed E-state index contributed by atoms with van der Waals surface area (Å²) in [6.07, 6.45) is 0.155. The molecule has 0 aliphatic heterocycles. The number of rotatable bonds is 4. The van der Waals surface area contributed by atoms with E-state index in [1.54, 1.807) is 19.4 Å². The van der Waals surface area contributed by atoms with Gasteiger partial charge in [0.05, 0.1) is 7.11 Å². The van der Waals surface area contributed by atoms with Crippen LogP contribution in [0.4, 0.5) is 0 Å². The maximum absolute atomic E-state index is 11.0. The SMILES string of the molecule is COc1ccc2c(c1)c(C(O)C(=O)O)cn2C(C)C. The Balaban J connectivity index is 2.71. The van der Waals surface area contributed by atoms with Crippen molar-refractivity contribution in [3.8, 4) is 5.75 Å². The fraction of sp³-hybridized carbons (Fsp3) is 0.357. The zero-order valence-corrected chi connectivity index (χ0v) is 11.1. The molecule has 2 rings (SSSR count). The number of hydrogen-bond acceptors (Lipinski definition) is 3. The molecule has 5 heteroatoms. The third kappa shape index (κ3) is 2.29. The van der Waals surface area contributed by atoms with E-state index in [1.807, 2.05) is 30.5 Å². The van der Waals surface area contributed by atoms with E-state index < -0.39 is 12.1 Å². The molecule has 0 aliphatic carbocycles. The van der Waals surface area contributed by atoms with Crippen molar-refractivity contribution in [3.05, 3.63) is 30.0 Å². The Morgan fingerprint density at radius 3 is 2.58 bits per heavy atom.